The maximum atomic E-state index is 12.5. The second-order valence-electron chi connectivity index (χ2n) is 5.18. The molecule has 0 spiro atoms. The Labute approximate surface area is 157 Å². The predicted molar refractivity (Wildman–Crippen MR) is 104 cm³/mol. The number of nitro groups is 1. The Balaban J connectivity index is 1.63. The Morgan fingerprint density at radius 3 is 2.76 bits per heavy atom. The zero-order valence-corrected chi connectivity index (χ0v) is 15.6. The molecule has 2 heterocycles. The topological polar surface area (TPSA) is 85.1 Å². The second-order valence-corrected chi connectivity index (χ2v) is 8.21. The minimum atomic E-state index is -0.448. The first-order valence-electron chi connectivity index (χ1n) is 7.05. The van der Waals surface area contributed by atoms with E-state index in [4.69, 9.17) is 0 Å². The summed E-state index contributed by atoms with van der Waals surface area (Å²) in [6, 6.07) is 11.9. The Morgan fingerprint density at radius 1 is 1.12 bits per heavy atom. The number of nitro benzene ring substituents is 1. The van der Waals surface area contributed by atoms with Crippen LogP contribution in [0.3, 0.4) is 0 Å². The normalized spacial score (nSPS) is 11.1. The van der Waals surface area contributed by atoms with Crippen LogP contribution in [0.25, 0.3) is 20.3 Å². The van der Waals surface area contributed by atoms with E-state index in [9.17, 15) is 14.9 Å². The lowest BCUT2D eigenvalue weighted by atomic mass is 10.2. The Bertz CT molecular complexity index is 1150. The van der Waals surface area contributed by atoms with Crippen molar-refractivity contribution in [2.24, 2.45) is 0 Å². The van der Waals surface area contributed by atoms with Crippen molar-refractivity contribution in [3.8, 4) is 0 Å². The highest BCUT2D eigenvalue weighted by Crippen LogP contribution is 2.31. The summed E-state index contributed by atoms with van der Waals surface area (Å²) in [6.07, 6.45) is 0. The van der Waals surface area contributed by atoms with E-state index >= 15 is 0 Å². The summed E-state index contributed by atoms with van der Waals surface area (Å²) in [4.78, 5) is 27.7. The van der Waals surface area contributed by atoms with Crippen molar-refractivity contribution in [1.29, 1.82) is 0 Å². The van der Waals surface area contributed by atoms with Gasteiger partial charge < -0.3 is 0 Å². The molecule has 0 saturated heterocycles. The number of rotatable bonds is 3. The van der Waals surface area contributed by atoms with E-state index in [-0.39, 0.29) is 11.6 Å². The molecule has 0 fully saturated rings. The number of fused-ring (bicyclic) bond motifs is 2. The van der Waals surface area contributed by atoms with Gasteiger partial charge in [0.1, 0.15) is 0 Å². The van der Waals surface area contributed by atoms with Gasteiger partial charge in [0.2, 0.25) is 0 Å². The van der Waals surface area contributed by atoms with E-state index < -0.39 is 4.92 Å². The first-order valence-corrected chi connectivity index (χ1v) is 9.47. The van der Waals surface area contributed by atoms with Gasteiger partial charge in [-0.3, -0.25) is 20.2 Å². The van der Waals surface area contributed by atoms with Crippen LogP contribution in [0, 0.1) is 10.1 Å². The Kier molecular flexibility index (Phi) is 3.98. The molecule has 4 rings (SSSR count). The molecule has 9 heteroatoms. The van der Waals surface area contributed by atoms with E-state index in [1.54, 1.807) is 12.1 Å². The molecule has 1 N–H and O–H groups in total. The van der Waals surface area contributed by atoms with Gasteiger partial charge in [-0.25, -0.2) is 4.98 Å². The number of carbonyl (C=O) groups excluding carboxylic acids is 1. The van der Waals surface area contributed by atoms with Crippen LogP contribution in [-0.2, 0) is 0 Å². The number of aromatic nitrogens is 1. The zero-order valence-electron chi connectivity index (χ0n) is 12.4. The first kappa shape index (κ1) is 16.1. The largest absolute Gasteiger partial charge is 0.297 e. The average Bonchev–Trinajstić information content (AvgIpc) is 3.16. The van der Waals surface area contributed by atoms with Crippen LogP contribution < -0.4 is 5.32 Å². The molecule has 0 aliphatic rings. The predicted octanol–water partition coefficient (Wildman–Crippen LogP) is 5.43. The van der Waals surface area contributed by atoms with Crippen LogP contribution in [-0.4, -0.2) is 15.8 Å². The van der Waals surface area contributed by atoms with Crippen molar-refractivity contribution in [2.75, 3.05) is 5.32 Å². The number of non-ortho nitro benzene ring substituents is 1. The molecule has 0 atom stereocenters. The van der Waals surface area contributed by atoms with Crippen molar-refractivity contribution < 1.29 is 9.72 Å². The standard InChI is InChI=1S/C16H8BrN3O3S2/c17-9-1-3-11-13(7-9)25-16(18-11)19-15(21)14-6-8-5-10(20(22)23)2-4-12(8)24-14/h1-7H,(H,18,19,21). The quantitative estimate of drug-likeness (QED) is 0.344. The minimum Gasteiger partial charge on any atom is -0.297 e. The monoisotopic (exact) mass is 433 g/mol. The third-order valence-electron chi connectivity index (χ3n) is 3.51. The molecule has 0 radical (unpaired) electrons. The van der Waals surface area contributed by atoms with Crippen molar-refractivity contribution in [3.05, 3.63) is 61.9 Å². The highest BCUT2D eigenvalue weighted by molar-refractivity contribution is 9.10. The fourth-order valence-electron chi connectivity index (χ4n) is 2.37. The molecule has 4 aromatic rings. The summed E-state index contributed by atoms with van der Waals surface area (Å²) in [5.74, 6) is -0.276. The lowest BCUT2D eigenvalue weighted by Gasteiger charge is -1.96. The van der Waals surface area contributed by atoms with Crippen LogP contribution in [0.5, 0.6) is 0 Å². The molecular formula is C16H8BrN3O3S2. The molecule has 6 nitrogen and oxygen atoms in total. The zero-order chi connectivity index (χ0) is 17.6. The van der Waals surface area contributed by atoms with E-state index in [0.717, 1.165) is 19.4 Å². The number of hydrogen-bond donors (Lipinski definition) is 1. The van der Waals surface area contributed by atoms with E-state index in [1.807, 2.05) is 18.2 Å². The minimum absolute atomic E-state index is 0.00834. The first-order chi connectivity index (χ1) is 12.0. The number of nitrogens with one attached hydrogen (secondary N) is 1. The number of thiophene rings is 1. The van der Waals surface area contributed by atoms with Gasteiger partial charge in [-0.1, -0.05) is 27.3 Å². The molecule has 0 bridgehead atoms. The smallest absolute Gasteiger partial charge is 0.270 e. The lowest BCUT2D eigenvalue weighted by molar-refractivity contribution is -0.384. The molecule has 25 heavy (non-hydrogen) atoms. The van der Waals surface area contributed by atoms with E-state index in [2.05, 4.69) is 26.2 Å². The summed E-state index contributed by atoms with van der Waals surface area (Å²) in [5, 5.41) is 14.8. The van der Waals surface area contributed by atoms with Gasteiger partial charge in [-0.05, 0) is 30.3 Å². The van der Waals surface area contributed by atoms with Gasteiger partial charge in [0.25, 0.3) is 11.6 Å². The van der Waals surface area contributed by atoms with Crippen LogP contribution in [0.2, 0.25) is 0 Å². The lowest BCUT2D eigenvalue weighted by Crippen LogP contribution is -2.09. The maximum Gasteiger partial charge on any atom is 0.270 e. The summed E-state index contributed by atoms with van der Waals surface area (Å²) in [5.41, 5.74) is 0.824. The van der Waals surface area contributed by atoms with Gasteiger partial charge in [0.05, 0.1) is 20.0 Å². The van der Waals surface area contributed by atoms with Crippen molar-refractivity contribution >= 4 is 75.6 Å². The van der Waals surface area contributed by atoms with Gasteiger partial charge in [0, 0.05) is 26.7 Å². The Morgan fingerprint density at radius 2 is 1.96 bits per heavy atom. The number of anilines is 1. The number of nitrogens with zero attached hydrogens (tertiary/aromatic N) is 2. The Hall–Kier alpha value is -2.36. The highest BCUT2D eigenvalue weighted by Gasteiger charge is 2.15. The van der Waals surface area contributed by atoms with E-state index in [1.165, 1.54) is 34.8 Å². The summed E-state index contributed by atoms with van der Waals surface area (Å²) in [6.45, 7) is 0. The van der Waals surface area contributed by atoms with Crippen molar-refractivity contribution in [1.82, 2.24) is 4.98 Å². The number of amides is 1. The van der Waals surface area contributed by atoms with Crippen LogP contribution >= 0.6 is 38.6 Å². The number of halogens is 1. The molecule has 124 valence electrons. The molecular weight excluding hydrogens is 426 g/mol. The third-order valence-corrected chi connectivity index (χ3v) is 6.05. The van der Waals surface area contributed by atoms with Crippen LogP contribution in [0.15, 0.2) is 46.9 Å². The number of thiazole rings is 1. The summed E-state index contributed by atoms with van der Waals surface area (Å²) in [7, 11) is 0. The fourth-order valence-corrected chi connectivity index (χ4v) is 4.72. The number of hydrogen-bond acceptors (Lipinski definition) is 6. The van der Waals surface area contributed by atoms with Crippen LogP contribution in [0.4, 0.5) is 10.8 Å². The van der Waals surface area contributed by atoms with Gasteiger partial charge in [-0.15, -0.1) is 11.3 Å². The number of carbonyl (C=O) groups is 1. The SMILES string of the molecule is O=C(Nc1nc2ccc(Br)cc2s1)c1cc2cc([N+](=O)[O-])ccc2s1. The fraction of sp³-hybridized carbons (Fsp3) is 0. The molecule has 1 amide bonds. The second kappa shape index (κ2) is 6.17. The molecule has 2 aromatic carbocycles. The number of benzene rings is 2. The van der Waals surface area contributed by atoms with Crippen molar-refractivity contribution in [3.63, 3.8) is 0 Å². The maximum absolute atomic E-state index is 12.5. The van der Waals surface area contributed by atoms with Crippen molar-refractivity contribution in [2.45, 2.75) is 0 Å². The molecule has 0 saturated carbocycles. The van der Waals surface area contributed by atoms with Crippen LogP contribution in [0.1, 0.15) is 9.67 Å². The summed E-state index contributed by atoms with van der Waals surface area (Å²) < 4.78 is 2.74. The van der Waals surface area contributed by atoms with Gasteiger partial charge >= 0.3 is 0 Å². The highest BCUT2D eigenvalue weighted by atomic mass is 79.9. The molecule has 2 aromatic heterocycles. The van der Waals surface area contributed by atoms with Gasteiger partial charge in [0.15, 0.2) is 5.13 Å². The average molecular weight is 434 g/mol. The molecule has 0 aliphatic heterocycles. The third kappa shape index (κ3) is 3.13. The molecule has 0 unspecified atom stereocenters. The van der Waals surface area contributed by atoms with Gasteiger partial charge in [-0.2, -0.15) is 0 Å². The van der Waals surface area contributed by atoms with E-state index in [0.29, 0.717) is 15.4 Å². The summed E-state index contributed by atoms with van der Waals surface area (Å²) >= 11 is 6.09. The molecule has 0 aliphatic carbocycles.